The summed E-state index contributed by atoms with van der Waals surface area (Å²) in [5.74, 6) is 0.124. The largest absolute Gasteiger partial charge is 0.358 e. The number of hydrogen-bond acceptors (Lipinski definition) is 3. The molecule has 1 aromatic heterocycles. The van der Waals surface area contributed by atoms with Gasteiger partial charge in [-0.15, -0.1) is 0 Å². The van der Waals surface area contributed by atoms with Crippen molar-refractivity contribution in [3.05, 3.63) is 64.8 Å². The van der Waals surface area contributed by atoms with Crippen molar-refractivity contribution in [2.45, 2.75) is 45.1 Å². The van der Waals surface area contributed by atoms with Gasteiger partial charge >= 0.3 is 0 Å². The molecule has 2 aromatic carbocycles. The van der Waals surface area contributed by atoms with Crippen LogP contribution in [0.1, 0.15) is 47.4 Å². The van der Waals surface area contributed by atoms with Crippen molar-refractivity contribution in [1.82, 2.24) is 9.29 Å². The summed E-state index contributed by atoms with van der Waals surface area (Å²) in [5, 5.41) is 0.822. The van der Waals surface area contributed by atoms with Crippen LogP contribution in [0.4, 0.5) is 0 Å². The number of aromatic nitrogens is 1. The van der Waals surface area contributed by atoms with Crippen LogP contribution in [-0.4, -0.2) is 30.5 Å². The number of aryl methyl sites for hydroxylation is 1. The van der Waals surface area contributed by atoms with Gasteiger partial charge in [-0.1, -0.05) is 44.2 Å². The van der Waals surface area contributed by atoms with Crippen LogP contribution >= 0.6 is 0 Å². The maximum absolute atomic E-state index is 13.3. The van der Waals surface area contributed by atoms with Crippen molar-refractivity contribution < 1.29 is 13.2 Å². The van der Waals surface area contributed by atoms with E-state index in [0.717, 1.165) is 28.6 Å². The highest BCUT2D eigenvalue weighted by molar-refractivity contribution is 7.89. The maximum Gasteiger partial charge on any atom is 0.243 e. The molecule has 0 radical (unpaired) electrons. The molecular weight excluding hydrogens is 384 g/mol. The van der Waals surface area contributed by atoms with Gasteiger partial charge in [0, 0.05) is 42.2 Å². The monoisotopic (exact) mass is 410 g/mol. The minimum Gasteiger partial charge on any atom is -0.358 e. The molecule has 6 heteroatoms. The molecular formula is C23H26N2O3S. The molecule has 0 aliphatic heterocycles. The molecule has 1 aliphatic rings. The molecule has 4 rings (SSSR count). The summed E-state index contributed by atoms with van der Waals surface area (Å²) >= 11 is 0. The Kier molecular flexibility index (Phi) is 4.67. The number of hydrogen-bond donors (Lipinski definition) is 1. The SMILES string of the molecule is Cc1cc2c3c([nH]c2cc1S(=O)(=O)N(C)Cc1ccccc1)CC(C)(C)CC3=O. The lowest BCUT2D eigenvalue weighted by molar-refractivity contribution is 0.0913. The second-order valence-corrected chi connectivity index (χ2v) is 10.8. The zero-order valence-corrected chi connectivity index (χ0v) is 18.1. The molecule has 1 heterocycles. The van der Waals surface area contributed by atoms with Gasteiger partial charge in [0.25, 0.3) is 0 Å². The first-order valence-electron chi connectivity index (χ1n) is 9.77. The summed E-state index contributed by atoms with van der Waals surface area (Å²) < 4.78 is 27.9. The molecule has 0 saturated carbocycles. The van der Waals surface area contributed by atoms with Crippen molar-refractivity contribution >= 4 is 26.7 Å². The number of benzene rings is 2. The summed E-state index contributed by atoms with van der Waals surface area (Å²) in [5.41, 5.74) is 3.83. The Morgan fingerprint density at radius 3 is 2.48 bits per heavy atom. The maximum atomic E-state index is 13.3. The van der Waals surface area contributed by atoms with Gasteiger partial charge in [-0.25, -0.2) is 8.42 Å². The van der Waals surface area contributed by atoms with Crippen molar-refractivity contribution in [1.29, 1.82) is 0 Å². The summed E-state index contributed by atoms with van der Waals surface area (Å²) in [4.78, 5) is 16.3. The second kappa shape index (κ2) is 6.82. The topological polar surface area (TPSA) is 70.2 Å². The number of carbonyl (C=O) groups is 1. The van der Waals surface area contributed by atoms with E-state index in [1.54, 1.807) is 20.0 Å². The Hall–Kier alpha value is -2.44. The van der Waals surface area contributed by atoms with Gasteiger partial charge < -0.3 is 4.98 Å². The van der Waals surface area contributed by atoms with Crippen molar-refractivity contribution in [3.63, 3.8) is 0 Å². The molecule has 0 atom stereocenters. The number of aromatic amines is 1. The van der Waals surface area contributed by atoms with E-state index in [0.29, 0.717) is 24.0 Å². The van der Waals surface area contributed by atoms with E-state index in [2.05, 4.69) is 18.8 Å². The lowest BCUT2D eigenvalue weighted by Gasteiger charge is -2.28. The van der Waals surface area contributed by atoms with Crippen LogP contribution in [0, 0.1) is 12.3 Å². The molecule has 5 nitrogen and oxygen atoms in total. The fourth-order valence-electron chi connectivity index (χ4n) is 4.27. The molecule has 0 amide bonds. The number of fused-ring (bicyclic) bond motifs is 3. The lowest BCUT2D eigenvalue weighted by Crippen LogP contribution is -2.27. The van der Waals surface area contributed by atoms with Crippen molar-refractivity contribution in [2.75, 3.05) is 7.05 Å². The van der Waals surface area contributed by atoms with E-state index in [-0.39, 0.29) is 16.1 Å². The molecule has 0 bridgehead atoms. The van der Waals surface area contributed by atoms with Crippen LogP contribution in [0.15, 0.2) is 47.4 Å². The van der Waals surface area contributed by atoms with Crippen molar-refractivity contribution in [3.8, 4) is 0 Å². The van der Waals surface area contributed by atoms with E-state index in [1.165, 1.54) is 4.31 Å². The zero-order valence-electron chi connectivity index (χ0n) is 17.2. The highest BCUT2D eigenvalue weighted by Crippen LogP contribution is 2.39. The number of Topliss-reactive ketones (excluding diaryl/α,β-unsaturated/α-hetero) is 1. The third kappa shape index (κ3) is 3.51. The van der Waals surface area contributed by atoms with Gasteiger partial charge in [-0.3, -0.25) is 4.79 Å². The van der Waals surface area contributed by atoms with Crippen LogP contribution < -0.4 is 0 Å². The molecule has 0 spiro atoms. The number of nitrogens with zero attached hydrogens (tertiary/aromatic N) is 1. The minimum absolute atomic E-state index is 0.0924. The first kappa shape index (κ1) is 19.9. The van der Waals surface area contributed by atoms with E-state index < -0.39 is 10.0 Å². The van der Waals surface area contributed by atoms with Gasteiger partial charge in [0.05, 0.1) is 4.90 Å². The number of nitrogens with one attached hydrogen (secondary N) is 1. The summed E-state index contributed by atoms with van der Waals surface area (Å²) in [7, 11) is -2.07. The number of H-pyrrole nitrogens is 1. The molecule has 29 heavy (non-hydrogen) atoms. The Morgan fingerprint density at radius 2 is 1.79 bits per heavy atom. The van der Waals surface area contributed by atoms with Gasteiger partial charge in [-0.05, 0) is 42.0 Å². The van der Waals surface area contributed by atoms with Crippen molar-refractivity contribution in [2.24, 2.45) is 5.41 Å². The molecule has 152 valence electrons. The van der Waals surface area contributed by atoms with E-state index in [1.807, 2.05) is 36.4 Å². The fourth-order valence-corrected chi connectivity index (χ4v) is 5.66. The van der Waals surface area contributed by atoms with Crippen LogP contribution in [-0.2, 0) is 23.0 Å². The Balaban J connectivity index is 1.77. The molecule has 3 aromatic rings. The predicted molar refractivity (Wildman–Crippen MR) is 115 cm³/mol. The second-order valence-electron chi connectivity index (χ2n) is 8.83. The first-order chi connectivity index (χ1) is 13.6. The van der Waals surface area contributed by atoms with E-state index in [4.69, 9.17) is 0 Å². The summed E-state index contributed by atoms with van der Waals surface area (Å²) in [6, 6.07) is 13.0. The summed E-state index contributed by atoms with van der Waals surface area (Å²) in [6.45, 7) is 6.26. The van der Waals surface area contributed by atoms with Gasteiger partial charge in [0.15, 0.2) is 5.78 Å². The molecule has 0 saturated heterocycles. The molecule has 0 fully saturated rings. The highest BCUT2D eigenvalue weighted by atomic mass is 32.2. The van der Waals surface area contributed by atoms with Crippen LogP contribution in [0.5, 0.6) is 0 Å². The Morgan fingerprint density at radius 1 is 1.10 bits per heavy atom. The molecule has 0 unspecified atom stereocenters. The average molecular weight is 411 g/mol. The normalized spacial score (nSPS) is 16.4. The molecule has 1 N–H and O–H groups in total. The van der Waals surface area contributed by atoms with Crippen LogP contribution in [0.25, 0.3) is 10.9 Å². The van der Waals surface area contributed by atoms with E-state index in [9.17, 15) is 13.2 Å². The third-order valence-corrected chi connectivity index (χ3v) is 7.63. The van der Waals surface area contributed by atoms with Gasteiger partial charge in [0.1, 0.15) is 0 Å². The lowest BCUT2D eigenvalue weighted by atomic mass is 9.76. The number of ketones is 1. The third-order valence-electron chi connectivity index (χ3n) is 5.68. The standard InChI is InChI=1S/C23H26N2O3S/c1-15-10-17-18(24-19-12-23(2,3)13-20(26)22(17)19)11-21(15)29(27,28)25(4)14-16-8-6-5-7-9-16/h5-11,24H,12-14H2,1-4H3. The fraction of sp³-hybridized carbons (Fsp3) is 0.348. The Labute approximate surface area is 171 Å². The number of sulfonamides is 1. The van der Waals surface area contributed by atoms with Crippen LogP contribution in [0.2, 0.25) is 0 Å². The zero-order chi connectivity index (χ0) is 21.0. The Bertz CT molecular complexity index is 1210. The van der Waals surface area contributed by atoms with Crippen LogP contribution in [0.3, 0.4) is 0 Å². The van der Waals surface area contributed by atoms with E-state index >= 15 is 0 Å². The minimum atomic E-state index is -3.67. The summed E-state index contributed by atoms with van der Waals surface area (Å²) in [6.07, 6.45) is 1.28. The quantitative estimate of drug-likeness (QED) is 0.691. The average Bonchev–Trinajstić information content (AvgIpc) is 2.97. The number of carbonyl (C=O) groups excluding carboxylic acids is 1. The smallest absolute Gasteiger partial charge is 0.243 e. The van der Waals surface area contributed by atoms with Gasteiger partial charge in [0.2, 0.25) is 10.0 Å². The molecule has 1 aliphatic carbocycles. The first-order valence-corrected chi connectivity index (χ1v) is 11.2. The predicted octanol–water partition coefficient (Wildman–Crippen LogP) is 4.45. The van der Waals surface area contributed by atoms with Gasteiger partial charge in [-0.2, -0.15) is 4.31 Å². The number of rotatable bonds is 4. The highest BCUT2D eigenvalue weighted by Gasteiger charge is 2.34.